The minimum atomic E-state index is -0.992. The second-order valence-electron chi connectivity index (χ2n) is 9.65. The number of rotatable bonds is 9. The van der Waals surface area contributed by atoms with Crippen LogP contribution in [0.1, 0.15) is 96.8 Å². The van der Waals surface area contributed by atoms with E-state index in [1.165, 1.54) is 83.1 Å². The first-order valence-electron chi connectivity index (χ1n) is 12.2. The van der Waals surface area contributed by atoms with E-state index in [2.05, 4.69) is 6.92 Å². The number of ether oxygens (including phenoxy) is 1. The summed E-state index contributed by atoms with van der Waals surface area (Å²) in [6.45, 7) is 2.28. The molecule has 0 aliphatic heterocycles. The summed E-state index contributed by atoms with van der Waals surface area (Å²) in [5.41, 5.74) is 0. The molecule has 0 spiro atoms. The predicted molar refractivity (Wildman–Crippen MR) is 116 cm³/mol. The van der Waals surface area contributed by atoms with Crippen LogP contribution in [-0.2, 0) is 4.79 Å². The van der Waals surface area contributed by atoms with E-state index in [9.17, 15) is 13.6 Å². The molecule has 0 unspecified atom stereocenters. The average molecular weight is 421 g/mol. The van der Waals surface area contributed by atoms with E-state index in [0.29, 0.717) is 12.3 Å². The largest absolute Gasteiger partial charge is 0.426 e. The Morgan fingerprint density at radius 1 is 0.867 bits per heavy atom. The van der Waals surface area contributed by atoms with Crippen molar-refractivity contribution in [3.8, 4) is 5.75 Å². The van der Waals surface area contributed by atoms with Crippen LogP contribution < -0.4 is 4.74 Å². The van der Waals surface area contributed by atoms with E-state index in [4.69, 9.17) is 4.74 Å². The van der Waals surface area contributed by atoms with Crippen LogP contribution in [0.2, 0.25) is 0 Å². The van der Waals surface area contributed by atoms with E-state index in [-0.39, 0.29) is 11.7 Å². The third-order valence-electron chi connectivity index (χ3n) is 7.54. The number of unbranched alkanes of at least 4 members (excludes halogenated alkanes) is 2. The highest BCUT2D eigenvalue weighted by molar-refractivity contribution is 5.72. The van der Waals surface area contributed by atoms with Crippen molar-refractivity contribution >= 4 is 5.97 Å². The number of hydrogen-bond donors (Lipinski definition) is 0. The molecule has 30 heavy (non-hydrogen) atoms. The molecule has 0 aromatic heterocycles. The Morgan fingerprint density at radius 2 is 1.47 bits per heavy atom. The Morgan fingerprint density at radius 3 is 2.03 bits per heavy atom. The van der Waals surface area contributed by atoms with Gasteiger partial charge in [-0.25, -0.2) is 8.78 Å². The zero-order valence-corrected chi connectivity index (χ0v) is 18.5. The second-order valence-corrected chi connectivity index (χ2v) is 9.65. The fourth-order valence-corrected chi connectivity index (χ4v) is 5.62. The summed E-state index contributed by atoms with van der Waals surface area (Å²) in [6.07, 6.45) is 17.5. The molecule has 1 aromatic carbocycles. The smallest absolute Gasteiger partial charge is 0.311 e. The lowest BCUT2D eigenvalue weighted by Gasteiger charge is -2.38. The third kappa shape index (κ3) is 7.06. The van der Waals surface area contributed by atoms with Crippen LogP contribution in [0.5, 0.6) is 5.75 Å². The molecule has 4 heteroatoms. The van der Waals surface area contributed by atoms with E-state index in [1.54, 1.807) is 0 Å². The van der Waals surface area contributed by atoms with Crippen LogP contribution in [0.4, 0.5) is 8.78 Å². The zero-order valence-electron chi connectivity index (χ0n) is 18.5. The van der Waals surface area contributed by atoms with Crippen molar-refractivity contribution in [3.05, 3.63) is 29.8 Å². The molecule has 168 valence electrons. The maximum atomic E-state index is 13.2. The lowest BCUT2D eigenvalue weighted by atomic mass is 9.68. The molecule has 2 aliphatic carbocycles. The number of benzene rings is 1. The molecule has 0 atom stereocenters. The Balaban J connectivity index is 1.31. The monoisotopic (exact) mass is 420 g/mol. The molecule has 2 fully saturated rings. The highest BCUT2D eigenvalue weighted by Crippen LogP contribution is 2.43. The Labute approximate surface area is 180 Å². The van der Waals surface area contributed by atoms with E-state index in [0.717, 1.165) is 36.3 Å². The number of carbonyl (C=O) groups is 1. The van der Waals surface area contributed by atoms with Gasteiger partial charge in [0.25, 0.3) is 0 Å². The van der Waals surface area contributed by atoms with Gasteiger partial charge in [-0.2, -0.15) is 0 Å². The highest BCUT2D eigenvalue weighted by Gasteiger charge is 2.30. The molecule has 0 N–H and O–H groups in total. The van der Waals surface area contributed by atoms with Crippen LogP contribution in [0.25, 0.3) is 0 Å². The van der Waals surface area contributed by atoms with Gasteiger partial charge < -0.3 is 4.74 Å². The molecular weight excluding hydrogens is 382 g/mol. The molecular formula is C26H38F2O2. The lowest BCUT2D eigenvalue weighted by molar-refractivity contribution is -0.134. The van der Waals surface area contributed by atoms with Gasteiger partial charge in [0.15, 0.2) is 11.6 Å². The molecule has 1 aromatic rings. The standard InChI is InChI=1S/C26H38F2O2/c1-2-3-4-5-19-6-11-21(12-7-19)22-13-8-20(9-14-22)10-17-26(29)30-23-15-16-24(27)25(28)18-23/h15-16,18-22H,2-14,17H2,1H3/t19-,20?,21-,22?. The molecule has 2 saturated carbocycles. The Hall–Kier alpha value is -1.45. The van der Waals surface area contributed by atoms with Gasteiger partial charge in [0, 0.05) is 12.5 Å². The zero-order chi connectivity index (χ0) is 21.3. The van der Waals surface area contributed by atoms with Gasteiger partial charge in [0.1, 0.15) is 5.75 Å². The highest BCUT2D eigenvalue weighted by atomic mass is 19.2. The van der Waals surface area contributed by atoms with Gasteiger partial charge in [-0.1, -0.05) is 58.3 Å². The van der Waals surface area contributed by atoms with Gasteiger partial charge in [0.05, 0.1) is 0 Å². The molecule has 0 radical (unpaired) electrons. The summed E-state index contributed by atoms with van der Waals surface area (Å²) >= 11 is 0. The van der Waals surface area contributed by atoms with E-state index in [1.807, 2.05) is 0 Å². The number of esters is 1. The quantitative estimate of drug-likeness (QED) is 0.231. The molecule has 3 rings (SSSR count). The molecule has 0 heterocycles. The lowest BCUT2D eigenvalue weighted by Crippen LogP contribution is -2.26. The fraction of sp³-hybridized carbons (Fsp3) is 0.731. The normalized spacial score (nSPS) is 27.0. The van der Waals surface area contributed by atoms with Gasteiger partial charge >= 0.3 is 5.97 Å². The summed E-state index contributed by atoms with van der Waals surface area (Å²) < 4.78 is 31.3. The van der Waals surface area contributed by atoms with Gasteiger partial charge in [0.2, 0.25) is 0 Å². The molecule has 0 bridgehead atoms. The first-order valence-corrected chi connectivity index (χ1v) is 12.2. The van der Waals surface area contributed by atoms with Gasteiger partial charge in [-0.3, -0.25) is 4.79 Å². The molecule has 0 amide bonds. The van der Waals surface area contributed by atoms with Crippen molar-refractivity contribution in [1.82, 2.24) is 0 Å². The summed E-state index contributed by atoms with van der Waals surface area (Å²) in [5.74, 6) is 1.16. The van der Waals surface area contributed by atoms with Crippen LogP contribution >= 0.6 is 0 Å². The van der Waals surface area contributed by atoms with Gasteiger partial charge in [-0.15, -0.1) is 0 Å². The second kappa shape index (κ2) is 11.8. The summed E-state index contributed by atoms with van der Waals surface area (Å²) in [4.78, 5) is 12.0. The maximum Gasteiger partial charge on any atom is 0.311 e. The van der Waals surface area contributed by atoms with Crippen molar-refractivity contribution in [2.45, 2.75) is 96.8 Å². The van der Waals surface area contributed by atoms with Gasteiger partial charge in [-0.05, 0) is 67.9 Å². The predicted octanol–water partition coefficient (Wildman–Crippen LogP) is 7.84. The van der Waals surface area contributed by atoms with Crippen LogP contribution in [0, 0.1) is 35.3 Å². The van der Waals surface area contributed by atoms with E-state index < -0.39 is 11.6 Å². The van der Waals surface area contributed by atoms with E-state index >= 15 is 0 Å². The molecule has 2 aliphatic rings. The van der Waals surface area contributed by atoms with Crippen molar-refractivity contribution in [2.75, 3.05) is 0 Å². The SMILES string of the molecule is CCCCC[C@H]1CC[C@H](C2CCC(CCC(=O)Oc3ccc(F)c(F)c3)CC2)CC1. The summed E-state index contributed by atoms with van der Waals surface area (Å²) in [6, 6.07) is 3.20. The first-order chi connectivity index (χ1) is 14.5. The van der Waals surface area contributed by atoms with Crippen molar-refractivity contribution < 1.29 is 18.3 Å². The average Bonchev–Trinajstić information content (AvgIpc) is 2.76. The number of carbonyl (C=O) groups excluding carboxylic acids is 1. The molecule has 0 saturated heterocycles. The number of halogens is 2. The minimum Gasteiger partial charge on any atom is -0.426 e. The minimum absolute atomic E-state index is 0.0768. The third-order valence-corrected chi connectivity index (χ3v) is 7.54. The fourth-order valence-electron chi connectivity index (χ4n) is 5.62. The van der Waals surface area contributed by atoms with Crippen LogP contribution in [-0.4, -0.2) is 5.97 Å². The Bertz CT molecular complexity index is 659. The molecule has 2 nitrogen and oxygen atoms in total. The van der Waals surface area contributed by atoms with Crippen molar-refractivity contribution in [3.63, 3.8) is 0 Å². The topological polar surface area (TPSA) is 26.3 Å². The Kier molecular flexibility index (Phi) is 9.14. The summed E-state index contributed by atoms with van der Waals surface area (Å²) in [5, 5.41) is 0. The van der Waals surface area contributed by atoms with Crippen molar-refractivity contribution in [2.24, 2.45) is 23.7 Å². The first kappa shape index (κ1) is 23.2. The number of hydrogen-bond acceptors (Lipinski definition) is 2. The van der Waals surface area contributed by atoms with Crippen molar-refractivity contribution in [1.29, 1.82) is 0 Å². The summed E-state index contributed by atoms with van der Waals surface area (Å²) in [7, 11) is 0. The van der Waals surface area contributed by atoms with Crippen LogP contribution in [0.15, 0.2) is 18.2 Å². The maximum absolute atomic E-state index is 13.2. The van der Waals surface area contributed by atoms with Crippen LogP contribution in [0.3, 0.4) is 0 Å².